The maximum Gasteiger partial charge on any atom is 0.254 e. The van der Waals surface area contributed by atoms with E-state index in [4.69, 9.17) is 0 Å². The number of pyridine rings is 1. The smallest absolute Gasteiger partial charge is 0.254 e. The van der Waals surface area contributed by atoms with Gasteiger partial charge in [-0.05, 0) is 24.1 Å². The molecule has 0 radical (unpaired) electrons. The van der Waals surface area contributed by atoms with Crippen LogP contribution in [-0.2, 0) is 6.54 Å². The standard InChI is InChI=1S/C16H21N5O/c1-2-3-4-7-18-15(22)14-11-20-16(21-12-14)19-10-13-5-8-17-9-6-13/h5-6,8-9,11-12H,2-4,7,10H2,1H3,(H,18,22)(H,19,20,21). The van der Waals surface area contributed by atoms with Gasteiger partial charge in [0.25, 0.3) is 5.91 Å². The van der Waals surface area contributed by atoms with Crippen molar-refractivity contribution in [2.75, 3.05) is 11.9 Å². The summed E-state index contributed by atoms with van der Waals surface area (Å²) in [6.45, 7) is 3.44. The minimum Gasteiger partial charge on any atom is -0.352 e. The maximum absolute atomic E-state index is 11.9. The van der Waals surface area contributed by atoms with E-state index in [0.717, 1.165) is 24.8 Å². The molecular weight excluding hydrogens is 278 g/mol. The summed E-state index contributed by atoms with van der Waals surface area (Å²) >= 11 is 0. The van der Waals surface area contributed by atoms with E-state index in [1.54, 1.807) is 12.4 Å². The van der Waals surface area contributed by atoms with Crippen LogP contribution in [0.3, 0.4) is 0 Å². The molecule has 6 heteroatoms. The molecule has 0 spiro atoms. The number of carbonyl (C=O) groups excluding carboxylic acids is 1. The molecule has 2 N–H and O–H groups in total. The second kappa shape index (κ2) is 8.71. The summed E-state index contributed by atoms with van der Waals surface area (Å²) < 4.78 is 0. The molecule has 2 heterocycles. The van der Waals surface area contributed by atoms with E-state index in [9.17, 15) is 4.79 Å². The van der Waals surface area contributed by atoms with Crippen molar-refractivity contribution in [3.05, 3.63) is 48.0 Å². The van der Waals surface area contributed by atoms with Gasteiger partial charge in [0.1, 0.15) is 0 Å². The molecule has 0 aromatic carbocycles. The Morgan fingerprint density at radius 1 is 1.14 bits per heavy atom. The van der Waals surface area contributed by atoms with E-state index in [0.29, 0.717) is 24.6 Å². The normalized spacial score (nSPS) is 10.2. The van der Waals surface area contributed by atoms with Crippen LogP contribution < -0.4 is 10.6 Å². The van der Waals surface area contributed by atoms with Crippen LogP contribution in [0.25, 0.3) is 0 Å². The Morgan fingerprint density at radius 2 is 1.86 bits per heavy atom. The van der Waals surface area contributed by atoms with Crippen molar-refractivity contribution in [2.24, 2.45) is 0 Å². The topological polar surface area (TPSA) is 79.8 Å². The van der Waals surface area contributed by atoms with Crippen molar-refractivity contribution in [1.82, 2.24) is 20.3 Å². The third kappa shape index (κ3) is 5.12. The highest BCUT2D eigenvalue weighted by Crippen LogP contribution is 2.04. The first-order valence-corrected chi connectivity index (χ1v) is 7.52. The van der Waals surface area contributed by atoms with Crippen LogP contribution in [0.2, 0.25) is 0 Å². The average Bonchev–Trinajstić information content (AvgIpc) is 2.58. The number of hydrogen-bond acceptors (Lipinski definition) is 5. The Bertz CT molecular complexity index is 571. The van der Waals surface area contributed by atoms with E-state index < -0.39 is 0 Å². The first-order valence-electron chi connectivity index (χ1n) is 7.52. The number of nitrogens with one attached hydrogen (secondary N) is 2. The van der Waals surface area contributed by atoms with Gasteiger partial charge in [-0.3, -0.25) is 9.78 Å². The van der Waals surface area contributed by atoms with Crippen LogP contribution in [0.1, 0.15) is 42.1 Å². The van der Waals surface area contributed by atoms with Gasteiger partial charge in [0.15, 0.2) is 0 Å². The summed E-state index contributed by atoms with van der Waals surface area (Å²) in [5.41, 5.74) is 1.57. The highest BCUT2D eigenvalue weighted by Gasteiger charge is 2.06. The van der Waals surface area contributed by atoms with Crippen LogP contribution in [0.15, 0.2) is 36.9 Å². The van der Waals surface area contributed by atoms with Crippen molar-refractivity contribution in [3.63, 3.8) is 0 Å². The zero-order valence-corrected chi connectivity index (χ0v) is 12.7. The first-order chi connectivity index (χ1) is 10.8. The lowest BCUT2D eigenvalue weighted by Crippen LogP contribution is -2.24. The van der Waals surface area contributed by atoms with Crippen molar-refractivity contribution in [2.45, 2.75) is 32.7 Å². The minimum absolute atomic E-state index is 0.128. The monoisotopic (exact) mass is 299 g/mol. The molecule has 6 nitrogen and oxygen atoms in total. The molecule has 0 saturated carbocycles. The predicted octanol–water partition coefficient (Wildman–Crippen LogP) is 2.40. The highest BCUT2D eigenvalue weighted by molar-refractivity contribution is 5.93. The lowest BCUT2D eigenvalue weighted by molar-refractivity contribution is 0.0952. The van der Waals surface area contributed by atoms with Gasteiger partial charge in [0.2, 0.25) is 5.95 Å². The maximum atomic E-state index is 11.9. The van der Waals surface area contributed by atoms with Crippen LogP contribution in [0, 0.1) is 0 Å². The molecule has 1 amide bonds. The summed E-state index contributed by atoms with van der Waals surface area (Å²) in [6.07, 6.45) is 9.81. The molecule has 2 aromatic rings. The number of anilines is 1. The van der Waals surface area contributed by atoms with Gasteiger partial charge in [-0.1, -0.05) is 19.8 Å². The number of rotatable bonds is 8. The molecule has 0 bridgehead atoms. The van der Waals surface area contributed by atoms with Crippen molar-refractivity contribution < 1.29 is 4.79 Å². The molecule has 2 rings (SSSR count). The Kier molecular flexibility index (Phi) is 6.29. The quantitative estimate of drug-likeness (QED) is 0.732. The van der Waals surface area contributed by atoms with Gasteiger partial charge in [-0.15, -0.1) is 0 Å². The van der Waals surface area contributed by atoms with Crippen molar-refractivity contribution >= 4 is 11.9 Å². The van der Waals surface area contributed by atoms with Gasteiger partial charge in [0.05, 0.1) is 5.56 Å². The SMILES string of the molecule is CCCCCNC(=O)c1cnc(NCc2ccncc2)nc1. The molecule has 22 heavy (non-hydrogen) atoms. The molecule has 116 valence electrons. The van der Waals surface area contributed by atoms with E-state index in [1.165, 1.54) is 12.4 Å². The molecule has 0 unspecified atom stereocenters. The van der Waals surface area contributed by atoms with Gasteiger partial charge < -0.3 is 10.6 Å². The lowest BCUT2D eigenvalue weighted by Gasteiger charge is -2.06. The number of carbonyl (C=O) groups is 1. The summed E-state index contributed by atoms with van der Waals surface area (Å²) in [5.74, 6) is 0.371. The third-order valence-electron chi connectivity index (χ3n) is 3.18. The zero-order valence-electron chi connectivity index (χ0n) is 12.7. The summed E-state index contributed by atoms with van der Waals surface area (Å²) in [7, 11) is 0. The number of hydrogen-bond donors (Lipinski definition) is 2. The fourth-order valence-corrected chi connectivity index (χ4v) is 1.90. The van der Waals surface area contributed by atoms with Gasteiger partial charge in [-0.25, -0.2) is 9.97 Å². The number of nitrogens with zero attached hydrogens (tertiary/aromatic N) is 3. The van der Waals surface area contributed by atoms with Crippen LogP contribution in [0.5, 0.6) is 0 Å². The van der Waals surface area contributed by atoms with E-state index in [2.05, 4.69) is 32.5 Å². The van der Waals surface area contributed by atoms with Gasteiger partial charge in [0, 0.05) is 37.9 Å². The van der Waals surface area contributed by atoms with E-state index in [-0.39, 0.29) is 5.91 Å². The first kappa shape index (κ1) is 15.9. The Labute approximate surface area is 130 Å². The summed E-state index contributed by atoms with van der Waals surface area (Å²) in [5, 5.41) is 5.97. The number of amides is 1. The fourth-order valence-electron chi connectivity index (χ4n) is 1.90. The number of unbranched alkanes of at least 4 members (excludes halogenated alkanes) is 2. The summed E-state index contributed by atoms with van der Waals surface area (Å²) in [6, 6.07) is 3.84. The van der Waals surface area contributed by atoms with Crippen LogP contribution in [0.4, 0.5) is 5.95 Å². The molecule has 0 fully saturated rings. The molecule has 2 aromatic heterocycles. The Morgan fingerprint density at radius 3 is 2.55 bits per heavy atom. The fraction of sp³-hybridized carbons (Fsp3) is 0.375. The molecular formula is C16H21N5O. The molecule has 0 aliphatic rings. The van der Waals surface area contributed by atoms with E-state index >= 15 is 0 Å². The van der Waals surface area contributed by atoms with Gasteiger partial charge >= 0.3 is 0 Å². The largest absolute Gasteiger partial charge is 0.352 e. The molecule has 0 saturated heterocycles. The lowest BCUT2D eigenvalue weighted by atomic mass is 10.2. The average molecular weight is 299 g/mol. The predicted molar refractivity (Wildman–Crippen MR) is 85.5 cm³/mol. The van der Waals surface area contributed by atoms with Crippen LogP contribution >= 0.6 is 0 Å². The number of aromatic nitrogens is 3. The minimum atomic E-state index is -0.128. The molecule has 0 aliphatic heterocycles. The second-order valence-electron chi connectivity index (χ2n) is 4.97. The second-order valence-corrected chi connectivity index (χ2v) is 4.97. The van der Waals surface area contributed by atoms with Gasteiger partial charge in [-0.2, -0.15) is 0 Å². The van der Waals surface area contributed by atoms with Crippen molar-refractivity contribution in [3.8, 4) is 0 Å². The van der Waals surface area contributed by atoms with Crippen molar-refractivity contribution in [1.29, 1.82) is 0 Å². The highest BCUT2D eigenvalue weighted by atomic mass is 16.1. The third-order valence-corrected chi connectivity index (χ3v) is 3.18. The summed E-state index contributed by atoms with van der Waals surface area (Å²) in [4.78, 5) is 24.2. The van der Waals surface area contributed by atoms with Crippen LogP contribution in [-0.4, -0.2) is 27.4 Å². The zero-order chi connectivity index (χ0) is 15.6. The van der Waals surface area contributed by atoms with E-state index in [1.807, 2.05) is 12.1 Å². The Hall–Kier alpha value is -2.50. The molecule has 0 aliphatic carbocycles. The Balaban J connectivity index is 1.81. The molecule has 0 atom stereocenters.